The summed E-state index contributed by atoms with van der Waals surface area (Å²) in [5, 5.41) is 12.5. The van der Waals surface area contributed by atoms with Crippen LogP contribution in [0, 0.1) is 5.92 Å². The SMILES string of the molecule is NC(=O)C1(c2ccc(N3CCN(C4CCC(C(=O)O)CC4)C3=O)cc2)CCNCC1. The van der Waals surface area contributed by atoms with E-state index < -0.39 is 11.4 Å². The molecule has 162 valence electrons. The predicted molar refractivity (Wildman–Crippen MR) is 112 cm³/mol. The molecule has 3 amide bonds. The molecule has 2 saturated heterocycles. The van der Waals surface area contributed by atoms with Crippen molar-refractivity contribution in [2.45, 2.75) is 50.0 Å². The largest absolute Gasteiger partial charge is 0.481 e. The van der Waals surface area contributed by atoms with Crippen LogP contribution in [0.5, 0.6) is 0 Å². The number of carbonyl (C=O) groups excluding carboxylic acids is 2. The molecular formula is C22H30N4O4. The van der Waals surface area contributed by atoms with Gasteiger partial charge in [0.05, 0.1) is 11.3 Å². The zero-order valence-electron chi connectivity index (χ0n) is 17.2. The lowest BCUT2D eigenvalue weighted by atomic mass is 9.72. The summed E-state index contributed by atoms with van der Waals surface area (Å²) in [7, 11) is 0. The number of amides is 3. The first-order valence-electron chi connectivity index (χ1n) is 10.8. The molecule has 30 heavy (non-hydrogen) atoms. The van der Waals surface area contributed by atoms with Gasteiger partial charge in [-0.25, -0.2) is 4.79 Å². The Kier molecular flexibility index (Phi) is 5.69. The molecule has 4 N–H and O–H groups in total. The molecule has 0 atom stereocenters. The summed E-state index contributed by atoms with van der Waals surface area (Å²) in [6.07, 6.45) is 4.09. The summed E-state index contributed by atoms with van der Waals surface area (Å²) in [5.41, 5.74) is 6.86. The highest BCUT2D eigenvalue weighted by Gasteiger charge is 2.40. The van der Waals surface area contributed by atoms with Gasteiger partial charge in [-0.1, -0.05) is 12.1 Å². The number of anilines is 1. The maximum atomic E-state index is 13.0. The average Bonchev–Trinajstić information content (AvgIpc) is 3.15. The van der Waals surface area contributed by atoms with Crippen LogP contribution >= 0.6 is 0 Å². The first-order valence-corrected chi connectivity index (χ1v) is 10.8. The van der Waals surface area contributed by atoms with E-state index in [4.69, 9.17) is 5.73 Å². The fraction of sp³-hybridized carbons (Fsp3) is 0.591. The predicted octanol–water partition coefficient (Wildman–Crippen LogP) is 1.68. The number of nitrogens with two attached hydrogens (primary N) is 1. The van der Waals surface area contributed by atoms with Gasteiger partial charge >= 0.3 is 12.0 Å². The van der Waals surface area contributed by atoms with E-state index in [2.05, 4.69) is 5.32 Å². The molecule has 1 saturated carbocycles. The third-order valence-corrected chi connectivity index (χ3v) is 7.19. The number of hydrogen-bond donors (Lipinski definition) is 3. The maximum absolute atomic E-state index is 13.0. The van der Waals surface area contributed by atoms with Crippen LogP contribution in [0.4, 0.5) is 10.5 Å². The number of carboxylic acids is 1. The van der Waals surface area contributed by atoms with Crippen LogP contribution in [-0.4, -0.2) is 60.1 Å². The number of nitrogens with one attached hydrogen (secondary N) is 1. The second-order valence-corrected chi connectivity index (χ2v) is 8.71. The first-order chi connectivity index (χ1) is 14.4. The van der Waals surface area contributed by atoms with Gasteiger partial charge in [0.25, 0.3) is 0 Å². The van der Waals surface area contributed by atoms with Gasteiger partial charge in [0.1, 0.15) is 0 Å². The summed E-state index contributed by atoms with van der Waals surface area (Å²) in [4.78, 5) is 40.1. The van der Waals surface area contributed by atoms with Gasteiger partial charge in [-0.3, -0.25) is 14.5 Å². The monoisotopic (exact) mass is 414 g/mol. The molecule has 0 radical (unpaired) electrons. The third-order valence-electron chi connectivity index (χ3n) is 7.19. The van der Waals surface area contributed by atoms with Crippen molar-refractivity contribution in [1.29, 1.82) is 0 Å². The molecule has 2 aliphatic heterocycles. The molecule has 0 spiro atoms. The van der Waals surface area contributed by atoms with Crippen molar-refractivity contribution in [2.24, 2.45) is 11.7 Å². The summed E-state index contributed by atoms with van der Waals surface area (Å²) in [6, 6.07) is 7.77. The highest BCUT2D eigenvalue weighted by molar-refractivity contribution is 5.94. The number of nitrogens with zero attached hydrogens (tertiary/aromatic N) is 2. The second-order valence-electron chi connectivity index (χ2n) is 8.71. The number of hydrogen-bond acceptors (Lipinski definition) is 4. The first kappa shape index (κ1) is 20.7. The lowest BCUT2D eigenvalue weighted by Gasteiger charge is -2.35. The summed E-state index contributed by atoms with van der Waals surface area (Å²) in [6.45, 7) is 2.78. The van der Waals surface area contributed by atoms with E-state index in [0.29, 0.717) is 38.8 Å². The van der Waals surface area contributed by atoms with Crippen LogP contribution in [-0.2, 0) is 15.0 Å². The van der Waals surface area contributed by atoms with Gasteiger partial charge in [-0.05, 0) is 69.3 Å². The fourth-order valence-electron chi connectivity index (χ4n) is 5.26. The molecule has 4 rings (SSSR count). The molecule has 0 aromatic heterocycles. The smallest absolute Gasteiger partial charge is 0.324 e. The van der Waals surface area contributed by atoms with Gasteiger partial charge in [-0.2, -0.15) is 0 Å². The highest BCUT2D eigenvalue weighted by atomic mass is 16.4. The average molecular weight is 415 g/mol. The maximum Gasteiger partial charge on any atom is 0.324 e. The number of primary amides is 1. The number of piperidine rings is 1. The van der Waals surface area contributed by atoms with Crippen molar-refractivity contribution in [3.05, 3.63) is 29.8 Å². The van der Waals surface area contributed by atoms with Gasteiger partial charge in [0.15, 0.2) is 0 Å². The third kappa shape index (κ3) is 3.64. The molecule has 1 aliphatic carbocycles. The highest BCUT2D eigenvalue weighted by Crippen LogP contribution is 2.35. The second kappa shape index (κ2) is 8.26. The summed E-state index contributed by atoms with van der Waals surface area (Å²) < 4.78 is 0. The van der Waals surface area contributed by atoms with Crippen molar-refractivity contribution in [2.75, 3.05) is 31.1 Å². The van der Waals surface area contributed by atoms with Gasteiger partial charge < -0.3 is 21.1 Å². The van der Waals surface area contributed by atoms with Crippen LogP contribution in [0.25, 0.3) is 0 Å². The number of benzene rings is 1. The van der Waals surface area contributed by atoms with Crippen LogP contribution in [0.15, 0.2) is 24.3 Å². The van der Waals surface area contributed by atoms with Gasteiger partial charge in [0, 0.05) is 24.8 Å². The van der Waals surface area contributed by atoms with E-state index in [1.165, 1.54) is 0 Å². The molecule has 8 nitrogen and oxygen atoms in total. The van der Waals surface area contributed by atoms with Gasteiger partial charge in [-0.15, -0.1) is 0 Å². The zero-order valence-corrected chi connectivity index (χ0v) is 17.2. The standard InChI is InChI=1S/C22H30N4O4/c23-20(29)22(9-11-24-12-10-22)16-3-7-18(8-4-16)26-14-13-25(21(26)30)17-5-1-15(2-6-17)19(27)28/h3-4,7-8,15,17,24H,1-2,5-6,9-14H2,(H2,23,29)(H,27,28). The Balaban J connectivity index is 1.44. The lowest BCUT2D eigenvalue weighted by molar-refractivity contribution is -0.143. The molecule has 0 bridgehead atoms. The number of rotatable bonds is 5. The Hall–Kier alpha value is -2.61. The Bertz CT molecular complexity index is 811. The molecule has 2 heterocycles. The van der Waals surface area contributed by atoms with Crippen LogP contribution in [0.1, 0.15) is 44.1 Å². The minimum absolute atomic E-state index is 0.0204. The normalized spacial score (nSPS) is 26.6. The Morgan fingerprint density at radius 2 is 1.67 bits per heavy atom. The lowest BCUT2D eigenvalue weighted by Crippen LogP contribution is -2.48. The van der Waals surface area contributed by atoms with Gasteiger partial charge in [0.2, 0.25) is 5.91 Å². The Morgan fingerprint density at radius 1 is 1.03 bits per heavy atom. The van der Waals surface area contributed by atoms with Crippen molar-refractivity contribution in [3.63, 3.8) is 0 Å². The molecule has 1 aromatic carbocycles. The van der Waals surface area contributed by atoms with Crippen molar-refractivity contribution < 1.29 is 19.5 Å². The van der Waals surface area contributed by atoms with E-state index in [1.807, 2.05) is 29.2 Å². The topological polar surface area (TPSA) is 116 Å². The number of aliphatic carboxylic acids is 1. The van der Waals surface area contributed by atoms with Crippen LogP contribution < -0.4 is 16.0 Å². The minimum Gasteiger partial charge on any atom is -0.481 e. The summed E-state index contributed by atoms with van der Waals surface area (Å²) >= 11 is 0. The zero-order chi connectivity index (χ0) is 21.3. The molecule has 3 aliphatic rings. The van der Waals surface area contributed by atoms with E-state index >= 15 is 0 Å². The van der Waals surface area contributed by atoms with Crippen molar-refractivity contribution in [3.8, 4) is 0 Å². The number of urea groups is 1. The quantitative estimate of drug-likeness (QED) is 0.678. The summed E-state index contributed by atoms with van der Waals surface area (Å²) in [5.74, 6) is -1.31. The van der Waals surface area contributed by atoms with E-state index in [0.717, 1.165) is 37.2 Å². The molecule has 1 aromatic rings. The molecule has 0 unspecified atom stereocenters. The van der Waals surface area contributed by atoms with Crippen molar-refractivity contribution >= 4 is 23.6 Å². The molecule has 3 fully saturated rings. The van der Waals surface area contributed by atoms with Crippen LogP contribution in [0.3, 0.4) is 0 Å². The number of carbonyl (C=O) groups is 3. The van der Waals surface area contributed by atoms with E-state index in [1.54, 1.807) is 4.90 Å². The van der Waals surface area contributed by atoms with E-state index in [9.17, 15) is 19.5 Å². The number of carboxylic acid groups (broad SMARTS) is 1. The molecular weight excluding hydrogens is 384 g/mol. The van der Waals surface area contributed by atoms with E-state index in [-0.39, 0.29) is 23.9 Å². The minimum atomic E-state index is -0.731. The fourth-order valence-corrected chi connectivity index (χ4v) is 5.26. The van der Waals surface area contributed by atoms with Crippen LogP contribution in [0.2, 0.25) is 0 Å². The van der Waals surface area contributed by atoms with Crippen molar-refractivity contribution in [1.82, 2.24) is 10.2 Å². The Labute approximate surface area is 176 Å². The Morgan fingerprint density at radius 3 is 2.23 bits per heavy atom. The molecule has 8 heteroatoms.